The normalized spacial score (nSPS) is 16.1. The van der Waals surface area contributed by atoms with E-state index >= 15 is 0 Å². The van der Waals surface area contributed by atoms with Crippen molar-refractivity contribution in [3.05, 3.63) is 0 Å². The molecule has 0 spiro atoms. The lowest BCUT2D eigenvalue weighted by Crippen LogP contribution is -2.39. The highest BCUT2D eigenvalue weighted by molar-refractivity contribution is 5.85. The molecule has 1 rings (SSSR count). The Morgan fingerprint density at radius 2 is 2.07 bits per heavy atom. The summed E-state index contributed by atoms with van der Waals surface area (Å²) >= 11 is 0. The van der Waals surface area contributed by atoms with E-state index in [1.54, 1.807) is 7.11 Å². The van der Waals surface area contributed by atoms with Crippen LogP contribution in [0.1, 0.15) is 25.7 Å². The minimum atomic E-state index is 0. The third-order valence-electron chi connectivity index (χ3n) is 2.49. The molecule has 0 aliphatic heterocycles. The molecule has 0 aromatic heterocycles. The van der Waals surface area contributed by atoms with Gasteiger partial charge in [-0.2, -0.15) is 0 Å². The molecule has 4 nitrogen and oxygen atoms in total. The second-order valence-electron chi connectivity index (χ2n) is 3.72. The zero-order valence-electron chi connectivity index (χ0n) is 9.25. The van der Waals surface area contributed by atoms with E-state index in [0.29, 0.717) is 19.2 Å². The number of ether oxygens (including phenoxy) is 1. The van der Waals surface area contributed by atoms with Crippen LogP contribution in [0.5, 0.6) is 0 Å². The molecular weight excluding hydrogens is 216 g/mol. The number of nitrogens with one attached hydrogen (secondary N) is 2. The predicted octanol–water partition coefficient (Wildman–Crippen LogP) is 0.703. The summed E-state index contributed by atoms with van der Waals surface area (Å²) in [5, 5.41) is 6.04. The number of halogens is 1. The maximum absolute atomic E-state index is 11.3. The number of hydrogen-bond donors (Lipinski definition) is 2. The number of carbonyl (C=O) groups is 1. The molecule has 2 N–H and O–H groups in total. The van der Waals surface area contributed by atoms with Gasteiger partial charge in [0.2, 0.25) is 5.91 Å². The summed E-state index contributed by atoms with van der Waals surface area (Å²) in [6.07, 6.45) is 4.79. The molecule has 1 amide bonds. The van der Waals surface area contributed by atoms with E-state index in [2.05, 4.69) is 10.6 Å². The Hall–Kier alpha value is -0.320. The van der Waals surface area contributed by atoms with E-state index in [-0.39, 0.29) is 18.3 Å². The summed E-state index contributed by atoms with van der Waals surface area (Å²) in [6, 6.07) is 0.423. The molecule has 0 radical (unpaired) electrons. The molecule has 0 unspecified atom stereocenters. The van der Waals surface area contributed by atoms with Crippen molar-refractivity contribution < 1.29 is 9.53 Å². The summed E-state index contributed by atoms with van der Waals surface area (Å²) < 4.78 is 4.86. The first-order valence-corrected chi connectivity index (χ1v) is 5.32. The van der Waals surface area contributed by atoms with Crippen LogP contribution in [0.15, 0.2) is 0 Å². The molecule has 5 heteroatoms. The zero-order chi connectivity index (χ0) is 10.2. The molecule has 0 aromatic rings. The van der Waals surface area contributed by atoms with Crippen LogP contribution in [0.25, 0.3) is 0 Å². The van der Waals surface area contributed by atoms with Crippen molar-refractivity contribution in [3.63, 3.8) is 0 Å². The van der Waals surface area contributed by atoms with Crippen LogP contribution in [0, 0.1) is 0 Å². The van der Waals surface area contributed by atoms with E-state index in [1.165, 1.54) is 12.8 Å². The first-order chi connectivity index (χ1) is 6.83. The van der Waals surface area contributed by atoms with Crippen LogP contribution in [0.4, 0.5) is 0 Å². The molecule has 0 bridgehead atoms. The Morgan fingerprint density at radius 3 is 2.67 bits per heavy atom. The van der Waals surface area contributed by atoms with Gasteiger partial charge >= 0.3 is 0 Å². The third kappa shape index (κ3) is 6.71. The second kappa shape index (κ2) is 8.95. The Kier molecular flexibility index (Phi) is 8.76. The average molecular weight is 237 g/mol. The topological polar surface area (TPSA) is 50.4 Å². The molecule has 1 fully saturated rings. The SMILES string of the molecule is COCCNCC(=O)NC1CCCC1.Cl. The van der Waals surface area contributed by atoms with E-state index < -0.39 is 0 Å². The van der Waals surface area contributed by atoms with Crippen molar-refractivity contribution in [2.24, 2.45) is 0 Å². The molecule has 0 heterocycles. The summed E-state index contributed by atoms with van der Waals surface area (Å²) in [6.45, 7) is 1.78. The van der Waals surface area contributed by atoms with Crippen LogP contribution in [-0.2, 0) is 9.53 Å². The van der Waals surface area contributed by atoms with Gasteiger partial charge in [-0.25, -0.2) is 0 Å². The fourth-order valence-electron chi connectivity index (χ4n) is 1.73. The first-order valence-electron chi connectivity index (χ1n) is 5.32. The predicted molar refractivity (Wildman–Crippen MR) is 62.4 cm³/mol. The van der Waals surface area contributed by atoms with Crippen LogP contribution in [0.3, 0.4) is 0 Å². The van der Waals surface area contributed by atoms with Gasteiger partial charge in [-0.3, -0.25) is 4.79 Å². The smallest absolute Gasteiger partial charge is 0.234 e. The maximum atomic E-state index is 11.3. The van der Waals surface area contributed by atoms with Gasteiger partial charge in [0.15, 0.2) is 0 Å². The van der Waals surface area contributed by atoms with Crippen molar-refractivity contribution >= 4 is 18.3 Å². The Labute approximate surface area is 97.5 Å². The number of carbonyl (C=O) groups excluding carboxylic acids is 1. The monoisotopic (exact) mass is 236 g/mol. The van der Waals surface area contributed by atoms with Gasteiger partial charge in [-0.05, 0) is 12.8 Å². The molecule has 0 atom stereocenters. The number of methoxy groups -OCH3 is 1. The lowest BCUT2D eigenvalue weighted by atomic mass is 10.2. The van der Waals surface area contributed by atoms with Crippen LogP contribution < -0.4 is 10.6 Å². The van der Waals surface area contributed by atoms with Gasteiger partial charge in [0.25, 0.3) is 0 Å². The Bertz CT molecular complexity index is 173. The first kappa shape index (κ1) is 14.7. The highest BCUT2D eigenvalue weighted by Crippen LogP contribution is 2.17. The van der Waals surface area contributed by atoms with Crippen molar-refractivity contribution in [2.45, 2.75) is 31.7 Å². The van der Waals surface area contributed by atoms with E-state index in [9.17, 15) is 4.79 Å². The minimum Gasteiger partial charge on any atom is -0.383 e. The fraction of sp³-hybridized carbons (Fsp3) is 0.900. The van der Waals surface area contributed by atoms with Crippen molar-refractivity contribution in [2.75, 3.05) is 26.8 Å². The highest BCUT2D eigenvalue weighted by Gasteiger charge is 2.16. The van der Waals surface area contributed by atoms with Gasteiger partial charge < -0.3 is 15.4 Å². The highest BCUT2D eigenvalue weighted by atomic mass is 35.5. The van der Waals surface area contributed by atoms with Crippen molar-refractivity contribution in [1.29, 1.82) is 0 Å². The van der Waals surface area contributed by atoms with E-state index in [4.69, 9.17) is 4.74 Å². The standard InChI is InChI=1S/C10H20N2O2.ClH/c1-14-7-6-11-8-10(13)12-9-4-2-3-5-9;/h9,11H,2-8H2,1H3,(H,12,13);1H. The average Bonchev–Trinajstić information content (AvgIpc) is 2.65. The molecule has 0 aromatic carbocycles. The number of hydrogen-bond acceptors (Lipinski definition) is 3. The van der Waals surface area contributed by atoms with Crippen molar-refractivity contribution in [1.82, 2.24) is 10.6 Å². The zero-order valence-corrected chi connectivity index (χ0v) is 10.1. The van der Waals surface area contributed by atoms with Gasteiger partial charge in [-0.15, -0.1) is 12.4 Å². The van der Waals surface area contributed by atoms with Gasteiger partial charge in [0.1, 0.15) is 0 Å². The van der Waals surface area contributed by atoms with Crippen LogP contribution >= 0.6 is 12.4 Å². The molecule has 15 heavy (non-hydrogen) atoms. The van der Waals surface area contributed by atoms with Gasteiger partial charge in [0.05, 0.1) is 13.2 Å². The van der Waals surface area contributed by atoms with E-state index in [1.807, 2.05) is 0 Å². The van der Waals surface area contributed by atoms with Gasteiger partial charge in [0, 0.05) is 19.7 Å². The Morgan fingerprint density at radius 1 is 1.40 bits per heavy atom. The van der Waals surface area contributed by atoms with Crippen molar-refractivity contribution in [3.8, 4) is 0 Å². The minimum absolute atomic E-state index is 0. The number of amides is 1. The third-order valence-corrected chi connectivity index (χ3v) is 2.49. The second-order valence-corrected chi connectivity index (χ2v) is 3.72. The molecule has 1 saturated carbocycles. The lowest BCUT2D eigenvalue weighted by molar-refractivity contribution is -0.120. The molecule has 0 saturated heterocycles. The fourth-order valence-corrected chi connectivity index (χ4v) is 1.73. The summed E-state index contributed by atoms with van der Waals surface area (Å²) in [7, 11) is 1.65. The summed E-state index contributed by atoms with van der Waals surface area (Å²) in [5.41, 5.74) is 0. The molecule has 1 aliphatic carbocycles. The summed E-state index contributed by atoms with van der Waals surface area (Å²) in [5.74, 6) is 0.105. The van der Waals surface area contributed by atoms with Gasteiger partial charge in [-0.1, -0.05) is 12.8 Å². The lowest BCUT2D eigenvalue weighted by Gasteiger charge is -2.11. The number of rotatable bonds is 6. The summed E-state index contributed by atoms with van der Waals surface area (Å²) in [4.78, 5) is 11.3. The largest absolute Gasteiger partial charge is 0.383 e. The molecular formula is C10H21ClN2O2. The Balaban J connectivity index is 0.00000196. The molecule has 90 valence electrons. The molecule has 1 aliphatic rings. The van der Waals surface area contributed by atoms with Crippen LogP contribution in [-0.4, -0.2) is 38.8 Å². The quantitative estimate of drug-likeness (QED) is 0.668. The van der Waals surface area contributed by atoms with E-state index in [0.717, 1.165) is 19.4 Å². The maximum Gasteiger partial charge on any atom is 0.234 e. The van der Waals surface area contributed by atoms with Crippen LogP contribution in [0.2, 0.25) is 0 Å².